The van der Waals surface area contributed by atoms with Gasteiger partial charge in [0.05, 0.1) is 17.3 Å². The molecule has 0 aliphatic carbocycles. The molecule has 1 aliphatic rings. The van der Waals surface area contributed by atoms with E-state index in [9.17, 15) is 4.79 Å². The summed E-state index contributed by atoms with van der Waals surface area (Å²) < 4.78 is 0.888. The number of likely N-dealkylation sites (tertiary alicyclic amines) is 1. The highest BCUT2D eigenvalue weighted by atomic mass is 79.9. The highest BCUT2D eigenvalue weighted by molar-refractivity contribution is 9.10. The first kappa shape index (κ1) is 19.7. The van der Waals surface area contributed by atoms with Crippen molar-refractivity contribution in [1.82, 2.24) is 4.90 Å². The van der Waals surface area contributed by atoms with Gasteiger partial charge in [-0.3, -0.25) is 9.69 Å². The second-order valence-electron chi connectivity index (χ2n) is 5.57. The van der Waals surface area contributed by atoms with E-state index in [2.05, 4.69) is 33.1 Å². The number of nitrogens with two attached hydrogens (primary N) is 1. The molecule has 0 saturated carbocycles. The Morgan fingerprint density at radius 1 is 1.55 bits per heavy atom. The molecule has 0 radical (unpaired) electrons. The number of halogens is 3. The number of benzene rings is 1. The molecule has 1 aliphatic heterocycles. The van der Waals surface area contributed by atoms with Gasteiger partial charge in [-0.1, -0.05) is 34.5 Å². The van der Waals surface area contributed by atoms with Gasteiger partial charge in [-0.15, -0.1) is 12.4 Å². The zero-order chi connectivity index (χ0) is 15.4. The second-order valence-corrected chi connectivity index (χ2v) is 6.89. The van der Waals surface area contributed by atoms with E-state index in [1.807, 2.05) is 6.07 Å². The zero-order valence-electron chi connectivity index (χ0n) is 12.5. The molecule has 2 atom stereocenters. The lowest BCUT2D eigenvalue weighted by atomic mass is 9.91. The molecule has 1 amide bonds. The average molecular weight is 411 g/mol. The quantitative estimate of drug-likeness (QED) is 0.798. The minimum absolute atomic E-state index is 0. The number of piperidine rings is 1. The number of amides is 1. The molecule has 1 fully saturated rings. The van der Waals surface area contributed by atoms with Crippen LogP contribution >= 0.6 is 39.9 Å². The molecule has 0 aromatic heterocycles. The number of carbonyl (C=O) groups is 1. The maximum atomic E-state index is 12.2. The second kappa shape index (κ2) is 9.08. The molecule has 0 bridgehead atoms. The number of nitrogens with zero attached hydrogens (tertiary/aromatic N) is 1. The summed E-state index contributed by atoms with van der Waals surface area (Å²) in [5.74, 6) is 0.486. The molecule has 1 aromatic rings. The van der Waals surface area contributed by atoms with Crippen molar-refractivity contribution in [3.63, 3.8) is 0 Å². The van der Waals surface area contributed by atoms with Crippen LogP contribution in [0.2, 0.25) is 5.02 Å². The van der Waals surface area contributed by atoms with Gasteiger partial charge in [-0.05, 0) is 43.5 Å². The summed E-state index contributed by atoms with van der Waals surface area (Å²) in [7, 11) is 0. The molecule has 1 heterocycles. The Labute approximate surface area is 151 Å². The molecular formula is C15H22BrCl2N3O. The molecule has 4 nitrogen and oxygen atoms in total. The van der Waals surface area contributed by atoms with Crippen molar-refractivity contribution >= 4 is 51.5 Å². The third-order valence-corrected chi connectivity index (χ3v) is 4.83. The normalized spacial score (nSPS) is 22.0. The lowest BCUT2D eigenvalue weighted by Crippen LogP contribution is -2.51. The van der Waals surface area contributed by atoms with E-state index in [1.54, 1.807) is 12.1 Å². The number of carbonyl (C=O) groups excluding carboxylic acids is 1. The van der Waals surface area contributed by atoms with Gasteiger partial charge >= 0.3 is 0 Å². The van der Waals surface area contributed by atoms with Crippen molar-refractivity contribution in [2.24, 2.45) is 11.7 Å². The van der Waals surface area contributed by atoms with Gasteiger partial charge in [0.2, 0.25) is 5.91 Å². The zero-order valence-corrected chi connectivity index (χ0v) is 15.7. The van der Waals surface area contributed by atoms with Crippen LogP contribution in [0.5, 0.6) is 0 Å². The fraction of sp³-hybridized carbons (Fsp3) is 0.533. The lowest BCUT2D eigenvalue weighted by Gasteiger charge is -2.38. The van der Waals surface area contributed by atoms with Crippen molar-refractivity contribution in [1.29, 1.82) is 0 Å². The highest BCUT2D eigenvalue weighted by Crippen LogP contribution is 2.26. The summed E-state index contributed by atoms with van der Waals surface area (Å²) in [5, 5.41) is 3.40. The minimum atomic E-state index is -0.0493. The van der Waals surface area contributed by atoms with Gasteiger partial charge < -0.3 is 11.1 Å². The Morgan fingerprint density at radius 2 is 2.27 bits per heavy atom. The number of nitrogens with one attached hydrogen (secondary N) is 1. The van der Waals surface area contributed by atoms with E-state index in [-0.39, 0.29) is 24.4 Å². The molecule has 1 saturated heterocycles. The predicted octanol–water partition coefficient (Wildman–Crippen LogP) is 3.52. The maximum Gasteiger partial charge on any atom is 0.238 e. The standard InChI is InChI=1S/C15H21BrClN3O.ClH/c1-10-3-2-6-20(14(10)8-18)9-15(21)19-13-5-4-11(16)7-12(13)17;/h4-5,7,10,14H,2-3,6,8-9,18H2,1H3,(H,19,21);1H. The molecule has 0 spiro atoms. The predicted molar refractivity (Wildman–Crippen MR) is 97.8 cm³/mol. The van der Waals surface area contributed by atoms with E-state index in [0.29, 0.717) is 29.7 Å². The summed E-state index contributed by atoms with van der Waals surface area (Å²) in [4.78, 5) is 14.4. The van der Waals surface area contributed by atoms with Crippen LogP contribution in [-0.2, 0) is 4.79 Å². The SMILES string of the molecule is CC1CCCN(CC(=O)Nc2ccc(Br)cc2Cl)C1CN.Cl. The van der Waals surface area contributed by atoms with Crippen LogP contribution in [-0.4, -0.2) is 36.5 Å². The van der Waals surface area contributed by atoms with E-state index < -0.39 is 0 Å². The summed E-state index contributed by atoms with van der Waals surface area (Å²) in [5.41, 5.74) is 6.49. The van der Waals surface area contributed by atoms with Gasteiger partial charge in [0.1, 0.15) is 0 Å². The van der Waals surface area contributed by atoms with Crippen LogP contribution in [0.15, 0.2) is 22.7 Å². The number of hydrogen-bond donors (Lipinski definition) is 2. The molecule has 1 aromatic carbocycles. The van der Waals surface area contributed by atoms with Gasteiger partial charge in [-0.25, -0.2) is 0 Å². The molecule has 3 N–H and O–H groups in total. The smallest absolute Gasteiger partial charge is 0.238 e. The monoisotopic (exact) mass is 409 g/mol. The Morgan fingerprint density at radius 3 is 2.91 bits per heavy atom. The fourth-order valence-electron chi connectivity index (χ4n) is 2.88. The van der Waals surface area contributed by atoms with Crippen LogP contribution in [0.3, 0.4) is 0 Å². The van der Waals surface area contributed by atoms with E-state index >= 15 is 0 Å². The Bertz CT molecular complexity index is 516. The van der Waals surface area contributed by atoms with Crippen LogP contribution in [0.4, 0.5) is 5.69 Å². The van der Waals surface area contributed by atoms with Crippen molar-refractivity contribution in [3.8, 4) is 0 Å². The first-order valence-electron chi connectivity index (χ1n) is 7.20. The van der Waals surface area contributed by atoms with E-state index in [0.717, 1.165) is 17.4 Å². The fourth-order valence-corrected chi connectivity index (χ4v) is 3.60. The Kier molecular flexibility index (Phi) is 8.14. The molecule has 22 heavy (non-hydrogen) atoms. The summed E-state index contributed by atoms with van der Waals surface area (Å²) in [6, 6.07) is 5.70. The molecular weight excluding hydrogens is 389 g/mol. The molecule has 2 unspecified atom stereocenters. The van der Waals surface area contributed by atoms with Gasteiger partial charge in [0.15, 0.2) is 0 Å². The number of rotatable bonds is 4. The first-order valence-corrected chi connectivity index (χ1v) is 8.37. The average Bonchev–Trinajstić information content (AvgIpc) is 2.42. The minimum Gasteiger partial charge on any atom is -0.329 e. The van der Waals surface area contributed by atoms with Crippen molar-refractivity contribution in [2.45, 2.75) is 25.8 Å². The summed E-state index contributed by atoms with van der Waals surface area (Å²) in [6.45, 7) is 4.08. The maximum absolute atomic E-state index is 12.2. The molecule has 7 heteroatoms. The lowest BCUT2D eigenvalue weighted by molar-refractivity contribution is -0.118. The van der Waals surface area contributed by atoms with E-state index in [1.165, 1.54) is 6.42 Å². The Balaban J connectivity index is 0.00000242. The first-order chi connectivity index (χ1) is 10.0. The third kappa shape index (κ3) is 5.10. The van der Waals surface area contributed by atoms with Crippen LogP contribution in [0.1, 0.15) is 19.8 Å². The van der Waals surface area contributed by atoms with Crippen LogP contribution in [0.25, 0.3) is 0 Å². The van der Waals surface area contributed by atoms with Gasteiger partial charge in [-0.2, -0.15) is 0 Å². The van der Waals surface area contributed by atoms with Crippen LogP contribution in [0, 0.1) is 5.92 Å². The van der Waals surface area contributed by atoms with Crippen molar-refractivity contribution in [3.05, 3.63) is 27.7 Å². The summed E-state index contributed by atoms with van der Waals surface area (Å²) >= 11 is 9.46. The number of hydrogen-bond acceptors (Lipinski definition) is 3. The largest absolute Gasteiger partial charge is 0.329 e. The molecule has 124 valence electrons. The topological polar surface area (TPSA) is 58.4 Å². The summed E-state index contributed by atoms with van der Waals surface area (Å²) in [6.07, 6.45) is 2.29. The Hall–Kier alpha value is -0.330. The highest BCUT2D eigenvalue weighted by Gasteiger charge is 2.28. The van der Waals surface area contributed by atoms with Crippen LogP contribution < -0.4 is 11.1 Å². The third-order valence-electron chi connectivity index (χ3n) is 4.02. The van der Waals surface area contributed by atoms with Crippen molar-refractivity contribution in [2.75, 3.05) is 25.0 Å². The van der Waals surface area contributed by atoms with Crippen molar-refractivity contribution < 1.29 is 4.79 Å². The van der Waals surface area contributed by atoms with Gasteiger partial charge in [0, 0.05) is 17.1 Å². The van der Waals surface area contributed by atoms with E-state index in [4.69, 9.17) is 17.3 Å². The van der Waals surface area contributed by atoms with Gasteiger partial charge in [0.25, 0.3) is 0 Å². The number of anilines is 1. The molecule has 2 rings (SSSR count).